The van der Waals surface area contributed by atoms with Crippen molar-refractivity contribution in [2.75, 3.05) is 13.2 Å². The standard InChI is InChI=1S/C13H19NO2/c15-9-11(16)8-14-13-7-3-5-10-4-1-2-6-12(10)13/h1-2,4,6,11,13-16H,3,5,7-9H2/t11-,13-/m0/s1. The Hall–Kier alpha value is -0.900. The Bertz CT molecular complexity index is 340. The third-order valence-corrected chi connectivity index (χ3v) is 3.18. The second kappa shape index (κ2) is 5.43. The number of aliphatic hydroxyl groups excluding tert-OH is 2. The molecule has 0 unspecified atom stereocenters. The topological polar surface area (TPSA) is 52.5 Å². The fourth-order valence-electron chi connectivity index (χ4n) is 2.31. The zero-order valence-corrected chi connectivity index (χ0v) is 9.39. The average molecular weight is 221 g/mol. The Balaban J connectivity index is 2.01. The van der Waals surface area contributed by atoms with Gasteiger partial charge in [-0.1, -0.05) is 24.3 Å². The van der Waals surface area contributed by atoms with E-state index in [2.05, 4.69) is 29.6 Å². The number of rotatable bonds is 4. The first-order valence-corrected chi connectivity index (χ1v) is 5.91. The van der Waals surface area contributed by atoms with Crippen LogP contribution in [0, 0.1) is 0 Å². The van der Waals surface area contributed by atoms with Crippen LogP contribution < -0.4 is 5.32 Å². The quantitative estimate of drug-likeness (QED) is 0.711. The van der Waals surface area contributed by atoms with Crippen LogP contribution in [0.5, 0.6) is 0 Å². The van der Waals surface area contributed by atoms with Gasteiger partial charge < -0.3 is 15.5 Å². The molecule has 3 heteroatoms. The summed E-state index contributed by atoms with van der Waals surface area (Å²) in [6.45, 7) is 0.275. The third-order valence-electron chi connectivity index (χ3n) is 3.18. The number of aryl methyl sites for hydroxylation is 1. The molecule has 1 aromatic rings. The number of fused-ring (bicyclic) bond motifs is 1. The molecule has 0 heterocycles. The van der Waals surface area contributed by atoms with Crippen LogP contribution in [-0.2, 0) is 6.42 Å². The Morgan fingerprint density at radius 3 is 3.00 bits per heavy atom. The molecule has 88 valence electrons. The van der Waals surface area contributed by atoms with Gasteiger partial charge in [0.15, 0.2) is 0 Å². The maximum absolute atomic E-state index is 9.32. The predicted molar refractivity (Wildman–Crippen MR) is 63.2 cm³/mol. The van der Waals surface area contributed by atoms with Gasteiger partial charge in [-0.25, -0.2) is 0 Å². The van der Waals surface area contributed by atoms with Gasteiger partial charge in [0, 0.05) is 12.6 Å². The van der Waals surface area contributed by atoms with Gasteiger partial charge in [0.25, 0.3) is 0 Å². The van der Waals surface area contributed by atoms with Crippen LogP contribution in [0.3, 0.4) is 0 Å². The van der Waals surface area contributed by atoms with Gasteiger partial charge in [0.1, 0.15) is 0 Å². The Morgan fingerprint density at radius 2 is 2.19 bits per heavy atom. The van der Waals surface area contributed by atoms with Gasteiger partial charge in [-0.15, -0.1) is 0 Å². The molecule has 2 rings (SSSR count). The highest BCUT2D eigenvalue weighted by molar-refractivity contribution is 5.32. The second-order valence-electron chi connectivity index (χ2n) is 4.39. The Kier molecular flexibility index (Phi) is 3.93. The van der Waals surface area contributed by atoms with Gasteiger partial charge in [0.2, 0.25) is 0 Å². The summed E-state index contributed by atoms with van der Waals surface area (Å²) in [5.41, 5.74) is 2.75. The van der Waals surface area contributed by atoms with Gasteiger partial charge in [-0.2, -0.15) is 0 Å². The molecule has 0 saturated carbocycles. The van der Waals surface area contributed by atoms with Crippen molar-refractivity contribution in [3.8, 4) is 0 Å². The number of benzene rings is 1. The molecule has 0 fully saturated rings. The van der Waals surface area contributed by atoms with E-state index in [-0.39, 0.29) is 6.61 Å². The zero-order chi connectivity index (χ0) is 11.4. The number of aliphatic hydroxyl groups is 2. The lowest BCUT2D eigenvalue weighted by atomic mass is 9.88. The minimum atomic E-state index is -0.658. The highest BCUT2D eigenvalue weighted by Gasteiger charge is 2.19. The molecule has 3 nitrogen and oxygen atoms in total. The molecule has 1 aromatic carbocycles. The summed E-state index contributed by atoms with van der Waals surface area (Å²) in [7, 11) is 0. The molecule has 1 aliphatic carbocycles. The fourth-order valence-corrected chi connectivity index (χ4v) is 2.31. The molecule has 16 heavy (non-hydrogen) atoms. The van der Waals surface area contributed by atoms with Crippen molar-refractivity contribution in [3.63, 3.8) is 0 Å². The first kappa shape index (κ1) is 11.6. The average Bonchev–Trinajstić information content (AvgIpc) is 2.35. The highest BCUT2D eigenvalue weighted by atomic mass is 16.3. The molecular weight excluding hydrogens is 202 g/mol. The molecule has 0 aliphatic heterocycles. The summed E-state index contributed by atoms with van der Waals surface area (Å²) in [6.07, 6.45) is 2.78. The highest BCUT2D eigenvalue weighted by Crippen LogP contribution is 2.29. The molecule has 0 amide bonds. The number of hydrogen-bond acceptors (Lipinski definition) is 3. The van der Waals surface area contributed by atoms with Crippen LogP contribution in [0.25, 0.3) is 0 Å². The largest absolute Gasteiger partial charge is 0.394 e. The van der Waals surface area contributed by atoms with E-state index in [9.17, 15) is 5.11 Å². The first-order chi connectivity index (χ1) is 7.81. The van der Waals surface area contributed by atoms with E-state index in [4.69, 9.17) is 5.11 Å². The van der Waals surface area contributed by atoms with Crippen molar-refractivity contribution in [1.29, 1.82) is 0 Å². The molecule has 0 bridgehead atoms. The minimum absolute atomic E-state index is 0.179. The van der Waals surface area contributed by atoms with Crippen LogP contribution in [0.4, 0.5) is 0 Å². The summed E-state index contributed by atoms with van der Waals surface area (Å²) < 4.78 is 0. The van der Waals surface area contributed by atoms with Crippen molar-refractivity contribution in [2.24, 2.45) is 0 Å². The normalized spacial score (nSPS) is 21.5. The van der Waals surface area contributed by atoms with Crippen LogP contribution in [0.2, 0.25) is 0 Å². The fraction of sp³-hybridized carbons (Fsp3) is 0.538. The summed E-state index contributed by atoms with van der Waals surface area (Å²) in [5, 5.41) is 21.4. The van der Waals surface area contributed by atoms with Crippen LogP contribution in [-0.4, -0.2) is 29.5 Å². The summed E-state index contributed by atoms with van der Waals surface area (Å²) >= 11 is 0. The molecule has 3 N–H and O–H groups in total. The van der Waals surface area contributed by atoms with Crippen molar-refractivity contribution in [3.05, 3.63) is 35.4 Å². The number of nitrogens with one attached hydrogen (secondary N) is 1. The van der Waals surface area contributed by atoms with Crippen molar-refractivity contribution < 1.29 is 10.2 Å². The van der Waals surface area contributed by atoms with Crippen molar-refractivity contribution >= 4 is 0 Å². The van der Waals surface area contributed by atoms with Gasteiger partial charge in [-0.05, 0) is 30.4 Å². The molecule has 2 atom stereocenters. The molecule has 0 saturated heterocycles. The van der Waals surface area contributed by atoms with Crippen LogP contribution in [0.1, 0.15) is 30.0 Å². The maximum Gasteiger partial charge on any atom is 0.0895 e. The minimum Gasteiger partial charge on any atom is -0.394 e. The lowest BCUT2D eigenvalue weighted by Gasteiger charge is -2.27. The molecule has 0 radical (unpaired) electrons. The van der Waals surface area contributed by atoms with Gasteiger partial charge in [-0.3, -0.25) is 0 Å². The van der Waals surface area contributed by atoms with E-state index in [0.29, 0.717) is 12.6 Å². The second-order valence-corrected chi connectivity index (χ2v) is 4.39. The van der Waals surface area contributed by atoms with Gasteiger partial charge in [0.05, 0.1) is 12.7 Å². The first-order valence-electron chi connectivity index (χ1n) is 5.91. The zero-order valence-electron chi connectivity index (χ0n) is 9.39. The lowest BCUT2D eigenvalue weighted by Crippen LogP contribution is -2.33. The maximum atomic E-state index is 9.32. The summed E-state index contributed by atoms with van der Waals surface area (Å²) in [5.74, 6) is 0. The molecule has 1 aliphatic rings. The van der Waals surface area contributed by atoms with E-state index < -0.39 is 6.10 Å². The Morgan fingerprint density at radius 1 is 1.38 bits per heavy atom. The van der Waals surface area contributed by atoms with Crippen LogP contribution in [0.15, 0.2) is 24.3 Å². The molecule has 0 aromatic heterocycles. The van der Waals surface area contributed by atoms with Crippen molar-refractivity contribution in [2.45, 2.75) is 31.4 Å². The van der Waals surface area contributed by atoms with Crippen molar-refractivity contribution in [1.82, 2.24) is 5.32 Å². The summed E-state index contributed by atoms with van der Waals surface area (Å²) in [4.78, 5) is 0. The third kappa shape index (κ3) is 2.61. The van der Waals surface area contributed by atoms with E-state index in [1.165, 1.54) is 17.5 Å². The predicted octanol–water partition coefficient (Wildman–Crippen LogP) is 1.01. The van der Waals surface area contributed by atoms with E-state index in [1.54, 1.807) is 0 Å². The van der Waals surface area contributed by atoms with E-state index in [1.807, 2.05) is 0 Å². The summed E-state index contributed by atoms with van der Waals surface area (Å²) in [6, 6.07) is 8.78. The number of hydrogen-bond donors (Lipinski definition) is 3. The lowest BCUT2D eigenvalue weighted by molar-refractivity contribution is 0.0912. The Labute approximate surface area is 96.1 Å². The smallest absolute Gasteiger partial charge is 0.0895 e. The van der Waals surface area contributed by atoms with Crippen LogP contribution >= 0.6 is 0 Å². The monoisotopic (exact) mass is 221 g/mol. The molecule has 0 spiro atoms. The van der Waals surface area contributed by atoms with E-state index >= 15 is 0 Å². The molecular formula is C13H19NO2. The van der Waals surface area contributed by atoms with E-state index in [0.717, 1.165) is 12.8 Å². The van der Waals surface area contributed by atoms with Gasteiger partial charge >= 0.3 is 0 Å². The SMILES string of the molecule is OC[C@@H](O)CN[C@H]1CCCc2ccccc21.